The van der Waals surface area contributed by atoms with Gasteiger partial charge in [-0.15, -0.1) is 0 Å². The Kier molecular flexibility index (Phi) is 6.89. The van der Waals surface area contributed by atoms with Gasteiger partial charge in [0.25, 0.3) is 0 Å². The van der Waals surface area contributed by atoms with E-state index in [0.717, 1.165) is 82.8 Å². The second-order valence-corrected chi connectivity index (χ2v) is 8.99. The first kappa shape index (κ1) is 20.1. The van der Waals surface area contributed by atoms with Crippen molar-refractivity contribution in [3.63, 3.8) is 0 Å². The van der Waals surface area contributed by atoms with Crippen LogP contribution in [0, 0.1) is 11.8 Å². The quantitative estimate of drug-likeness (QED) is 0.694. The van der Waals surface area contributed by atoms with Crippen LogP contribution in [0.25, 0.3) is 0 Å². The van der Waals surface area contributed by atoms with Gasteiger partial charge in [-0.25, -0.2) is 0 Å². The minimum atomic E-state index is -0.0432. The van der Waals surface area contributed by atoms with Crippen molar-refractivity contribution in [1.29, 1.82) is 0 Å². The largest absolute Gasteiger partial charge is 0.494 e. The highest BCUT2D eigenvalue weighted by Crippen LogP contribution is 2.45. The van der Waals surface area contributed by atoms with Gasteiger partial charge in [0.1, 0.15) is 5.75 Å². The second-order valence-electron chi connectivity index (χ2n) is 8.99. The Hall–Kier alpha value is -1.14. The Balaban J connectivity index is 1.20. The molecule has 4 atom stereocenters. The number of benzene rings is 1. The molecule has 4 rings (SSSR count). The number of fused-ring (bicyclic) bond motifs is 1. The monoisotopic (exact) mass is 388 g/mol. The van der Waals surface area contributed by atoms with Crippen LogP contribution in [0.1, 0.15) is 37.7 Å². The number of rotatable bonds is 8. The van der Waals surface area contributed by atoms with E-state index >= 15 is 0 Å². The number of aliphatic hydroxyl groups is 1. The minimum absolute atomic E-state index is 0.0432. The maximum absolute atomic E-state index is 9.85. The van der Waals surface area contributed by atoms with Crippen LogP contribution in [0.2, 0.25) is 0 Å². The van der Waals surface area contributed by atoms with Crippen molar-refractivity contribution in [1.82, 2.24) is 9.80 Å². The molecule has 3 aliphatic rings. The molecule has 0 spiro atoms. The second kappa shape index (κ2) is 9.57. The van der Waals surface area contributed by atoms with Crippen molar-refractivity contribution in [2.45, 2.75) is 50.8 Å². The molecule has 1 saturated heterocycles. The molecule has 1 aromatic rings. The van der Waals surface area contributed by atoms with Crippen LogP contribution in [0.15, 0.2) is 24.3 Å². The average molecular weight is 389 g/mol. The smallest absolute Gasteiger partial charge is 0.119 e. The van der Waals surface area contributed by atoms with Gasteiger partial charge in [-0.2, -0.15) is 0 Å². The fraction of sp³-hybridized carbons (Fsp3) is 0.739. The topological polar surface area (TPSA) is 45.2 Å². The third-order valence-electron chi connectivity index (χ3n) is 6.91. The Bertz CT molecular complexity index is 606. The van der Waals surface area contributed by atoms with Crippen LogP contribution in [0.3, 0.4) is 0 Å². The van der Waals surface area contributed by atoms with Crippen molar-refractivity contribution in [2.75, 3.05) is 46.5 Å². The summed E-state index contributed by atoms with van der Waals surface area (Å²) in [7, 11) is 2.25. The molecular weight excluding hydrogens is 352 g/mol. The number of aliphatic hydroxyl groups excluding tert-OH is 1. The summed E-state index contributed by atoms with van der Waals surface area (Å²) in [5, 5.41) is 9.85. The zero-order valence-electron chi connectivity index (χ0n) is 17.3. The van der Waals surface area contributed by atoms with Gasteiger partial charge in [-0.05, 0) is 68.7 Å². The first-order chi connectivity index (χ1) is 13.7. The number of hydrogen-bond acceptors (Lipinski definition) is 5. The van der Waals surface area contributed by atoms with E-state index in [1.165, 1.54) is 18.4 Å². The van der Waals surface area contributed by atoms with Gasteiger partial charge in [-0.3, -0.25) is 9.80 Å². The lowest BCUT2D eigenvalue weighted by molar-refractivity contribution is 0.0358. The first-order valence-electron chi connectivity index (χ1n) is 11.1. The lowest BCUT2D eigenvalue weighted by atomic mass is 10.0. The molecule has 1 N–H and O–H groups in total. The molecule has 28 heavy (non-hydrogen) atoms. The van der Waals surface area contributed by atoms with E-state index in [9.17, 15) is 5.11 Å². The molecule has 156 valence electrons. The van der Waals surface area contributed by atoms with Crippen LogP contribution in [0.4, 0.5) is 0 Å². The summed E-state index contributed by atoms with van der Waals surface area (Å²) in [4.78, 5) is 4.95. The highest BCUT2D eigenvalue weighted by Gasteiger charge is 2.42. The standard InChI is InChI=1S/C23H36N2O3/c1-24(21-13-19-15-22(26)16-20(19)14-21)17-18-4-2-5-23(12-18)28-9-3-6-25-7-10-27-11-8-25/h2,4-5,12,19-22,26H,3,6-11,13-17H2,1H3/t19-,20+,21?,22?. The van der Waals surface area contributed by atoms with Crippen LogP contribution < -0.4 is 4.74 Å². The fourth-order valence-electron chi connectivity index (χ4n) is 5.37. The Morgan fingerprint density at radius 1 is 1.14 bits per heavy atom. The van der Waals surface area contributed by atoms with Crippen molar-refractivity contribution in [2.24, 2.45) is 11.8 Å². The molecule has 3 fully saturated rings. The molecule has 2 unspecified atom stereocenters. The lowest BCUT2D eigenvalue weighted by Crippen LogP contribution is -2.37. The lowest BCUT2D eigenvalue weighted by Gasteiger charge is -2.26. The Morgan fingerprint density at radius 2 is 1.89 bits per heavy atom. The highest BCUT2D eigenvalue weighted by molar-refractivity contribution is 5.28. The van der Waals surface area contributed by atoms with Gasteiger partial charge in [0.05, 0.1) is 25.9 Å². The molecule has 5 heteroatoms. The van der Waals surface area contributed by atoms with Crippen molar-refractivity contribution in [3.8, 4) is 5.75 Å². The van der Waals surface area contributed by atoms with E-state index in [1.807, 2.05) is 0 Å². The van der Waals surface area contributed by atoms with Crippen LogP contribution in [0.5, 0.6) is 5.75 Å². The normalized spacial score (nSPS) is 30.7. The van der Waals surface area contributed by atoms with E-state index in [4.69, 9.17) is 9.47 Å². The average Bonchev–Trinajstić information content (AvgIpc) is 3.24. The summed E-state index contributed by atoms with van der Waals surface area (Å²) in [5.41, 5.74) is 1.32. The summed E-state index contributed by atoms with van der Waals surface area (Å²) in [6.45, 7) is 6.64. The van der Waals surface area contributed by atoms with E-state index in [2.05, 4.69) is 41.1 Å². The van der Waals surface area contributed by atoms with E-state index in [-0.39, 0.29) is 6.10 Å². The van der Waals surface area contributed by atoms with E-state index < -0.39 is 0 Å². The molecule has 1 aliphatic heterocycles. The summed E-state index contributed by atoms with van der Waals surface area (Å²) in [6, 6.07) is 9.24. The number of hydrogen-bond donors (Lipinski definition) is 1. The van der Waals surface area contributed by atoms with Crippen LogP contribution in [-0.2, 0) is 11.3 Å². The third-order valence-corrected chi connectivity index (χ3v) is 6.91. The van der Waals surface area contributed by atoms with Gasteiger partial charge < -0.3 is 14.6 Å². The number of nitrogens with zero attached hydrogens (tertiary/aromatic N) is 2. The molecular formula is C23H36N2O3. The van der Waals surface area contributed by atoms with Crippen molar-refractivity contribution in [3.05, 3.63) is 29.8 Å². The zero-order valence-corrected chi connectivity index (χ0v) is 17.3. The van der Waals surface area contributed by atoms with Crippen molar-refractivity contribution < 1.29 is 14.6 Å². The summed E-state index contributed by atoms with van der Waals surface area (Å²) in [5.74, 6) is 2.46. The minimum Gasteiger partial charge on any atom is -0.494 e. The van der Waals surface area contributed by atoms with Gasteiger partial charge in [0, 0.05) is 32.2 Å². The number of ether oxygens (including phenoxy) is 2. The maximum atomic E-state index is 9.85. The van der Waals surface area contributed by atoms with Crippen LogP contribution in [-0.4, -0.2) is 73.6 Å². The molecule has 0 amide bonds. The highest BCUT2D eigenvalue weighted by atomic mass is 16.5. The summed E-state index contributed by atoms with van der Waals surface area (Å²) >= 11 is 0. The summed E-state index contributed by atoms with van der Waals surface area (Å²) in [6.07, 6.45) is 5.54. The van der Waals surface area contributed by atoms with Gasteiger partial charge >= 0.3 is 0 Å². The van der Waals surface area contributed by atoms with E-state index in [1.54, 1.807) is 0 Å². The first-order valence-corrected chi connectivity index (χ1v) is 11.1. The molecule has 0 aromatic heterocycles. The predicted molar refractivity (Wildman–Crippen MR) is 111 cm³/mol. The molecule has 0 bridgehead atoms. The Labute approximate surface area is 169 Å². The maximum Gasteiger partial charge on any atom is 0.119 e. The Morgan fingerprint density at radius 3 is 2.64 bits per heavy atom. The summed E-state index contributed by atoms with van der Waals surface area (Å²) < 4.78 is 11.4. The number of morpholine rings is 1. The van der Waals surface area contributed by atoms with Crippen LogP contribution >= 0.6 is 0 Å². The van der Waals surface area contributed by atoms with E-state index in [0.29, 0.717) is 6.04 Å². The van der Waals surface area contributed by atoms with Crippen molar-refractivity contribution >= 4 is 0 Å². The van der Waals surface area contributed by atoms with Gasteiger partial charge in [0.15, 0.2) is 0 Å². The molecule has 2 saturated carbocycles. The van der Waals surface area contributed by atoms with Gasteiger partial charge in [0.2, 0.25) is 0 Å². The molecule has 0 radical (unpaired) electrons. The zero-order chi connectivity index (χ0) is 19.3. The van der Waals surface area contributed by atoms with Gasteiger partial charge in [-0.1, -0.05) is 12.1 Å². The molecule has 1 heterocycles. The molecule has 1 aromatic carbocycles. The molecule has 5 nitrogen and oxygen atoms in total. The SMILES string of the molecule is CN(Cc1cccc(OCCCN2CCOCC2)c1)C1C[C@H]2CC(O)C[C@H]2C1. The predicted octanol–water partition coefficient (Wildman–Crippen LogP) is 2.77. The fourth-order valence-corrected chi connectivity index (χ4v) is 5.37. The molecule has 2 aliphatic carbocycles. The third kappa shape index (κ3) is 5.26.